The molecular weight excluding hydrogens is 1200 g/mol. The minimum Gasteiger partial charge on any atom is -0.479 e. The van der Waals surface area contributed by atoms with Crippen LogP contribution in [0.15, 0.2) is 0 Å². The fourth-order valence-corrected chi connectivity index (χ4v) is 9.05. The lowest BCUT2D eigenvalue weighted by Gasteiger charge is -2.20. The number of carboxylic acid groups (broad SMARTS) is 3. The number of aliphatic hydroxyl groups is 2. The van der Waals surface area contributed by atoms with Crippen molar-refractivity contribution in [2.75, 3.05) is 39.4 Å². The first-order valence-corrected chi connectivity index (χ1v) is 32.2. The van der Waals surface area contributed by atoms with Crippen LogP contribution in [0.2, 0.25) is 0 Å². The van der Waals surface area contributed by atoms with Gasteiger partial charge in [0.2, 0.25) is 23.6 Å². The Labute approximate surface area is 549 Å². The lowest BCUT2D eigenvalue weighted by molar-refractivity contribution is -0.145. The lowest BCUT2D eigenvalue weighted by Crippen LogP contribution is -2.36. The molecule has 0 aromatic carbocycles. The summed E-state index contributed by atoms with van der Waals surface area (Å²) < 4.78 is 58.2. The highest BCUT2D eigenvalue weighted by molar-refractivity contribution is 5.98. The Hall–Kier alpha value is -5.80. The zero-order valence-electron chi connectivity index (χ0n) is 61.1. The van der Waals surface area contributed by atoms with Crippen LogP contribution in [0.25, 0.3) is 0 Å². The molecular formula is C66H112N4O22. The average molecular weight is 1320 g/mol. The molecule has 0 aromatic heterocycles. The zero-order valence-corrected chi connectivity index (χ0v) is 57.1. The molecule has 4 aliphatic heterocycles. The second kappa shape index (κ2) is 41.8. The number of aliphatic hydroxyl groups excluding tert-OH is 1. The van der Waals surface area contributed by atoms with Crippen molar-refractivity contribution in [2.45, 2.75) is 242 Å². The van der Waals surface area contributed by atoms with Gasteiger partial charge in [0.1, 0.15) is 0 Å². The second-order valence-electron chi connectivity index (χ2n) is 27.1. The molecule has 0 spiro atoms. The number of hydrogen-bond acceptors (Lipinski definition) is 19. The zero-order chi connectivity index (χ0) is 74.2. The molecule has 4 saturated heterocycles. The maximum absolute atomic E-state index is 12.5. The van der Waals surface area contributed by atoms with E-state index in [9.17, 15) is 62.6 Å². The summed E-state index contributed by atoms with van der Waals surface area (Å²) in [6, 6.07) is 0. The second-order valence-corrected chi connectivity index (χ2v) is 27.1. The third kappa shape index (κ3) is 35.5. The molecule has 4 aliphatic rings. The first-order chi connectivity index (χ1) is 44.1. The molecule has 528 valence electrons. The van der Waals surface area contributed by atoms with E-state index in [1.54, 1.807) is 20.8 Å². The topological polar surface area (TPSA) is 413 Å². The van der Waals surface area contributed by atoms with Gasteiger partial charge in [-0.25, -0.2) is 19.2 Å². The van der Waals surface area contributed by atoms with E-state index in [0.717, 1.165) is 12.8 Å². The highest BCUT2D eigenvalue weighted by Gasteiger charge is 2.54. The molecule has 4 rings (SSSR count). The first-order valence-electron chi connectivity index (χ1n) is 34.2. The molecule has 0 radical (unpaired) electrons. The van der Waals surface area contributed by atoms with Crippen LogP contribution in [0, 0.1) is 65.0 Å². The van der Waals surface area contributed by atoms with Crippen molar-refractivity contribution in [3.8, 4) is 0 Å². The Bertz CT molecular complexity index is 2640. The standard InChI is InChI=1S/C18H31NO5.2C16H27NO6.C16H27NO5/c1-6-23-18(22)16-15(24-16)14(20)10-13(9-12(4)5)17(21)19-8-7-11(2)3;1-9(2)7-10(14(19)17-6-5-16(3,4)22)8-11(18)12-13(23-12)15(20)21;1-9(2)6-11(15(20)17-5-4-10(3)8-18)7-12(19)13-14(23-13)16(21)22;1-9(2)5-6-17-15(19)11(7-10(3)4)8-12(18)13-14(22-13)16(20)21/h11-13,15-16H,6-10H2,1-5H3,(H,19,21);9-10,12-13,22H,5-8H2,1-4H3,(H,17,19)(H,20,21);9-11,13-14,18H,4-8H2,1-3H3,(H,17,20)(H,21,22);9-11,13-14H,5-8H2,1-4H3,(H,17,19)(H,20,21)/t13-,15+,16-;10-,12+,13-;10-,11-,13+,14-;11-,13+,14-/m0000/s1/i13D;10D;2*11D. The Balaban J connectivity index is 0.000000640. The van der Waals surface area contributed by atoms with Crippen LogP contribution in [-0.2, 0) is 81.2 Å². The Morgan fingerprint density at radius 1 is 0.424 bits per heavy atom. The fourth-order valence-electron chi connectivity index (χ4n) is 9.05. The Kier molecular flexibility index (Phi) is 34.9. The number of hydrogen-bond donors (Lipinski definition) is 9. The van der Waals surface area contributed by atoms with Gasteiger partial charge in [-0.05, 0) is 114 Å². The number of Topliss-reactive ketones (excluding diaryl/α,β-unsaturated/α-hetero) is 4. The van der Waals surface area contributed by atoms with Crippen LogP contribution in [0.1, 0.15) is 193 Å². The van der Waals surface area contributed by atoms with Gasteiger partial charge >= 0.3 is 23.9 Å². The number of ketones is 4. The van der Waals surface area contributed by atoms with E-state index in [-0.39, 0.29) is 94.3 Å². The molecule has 9 N–H and O–H groups in total. The summed E-state index contributed by atoms with van der Waals surface area (Å²) in [6.45, 7) is 31.5. The van der Waals surface area contributed by atoms with Gasteiger partial charge in [-0.3, -0.25) is 38.4 Å². The van der Waals surface area contributed by atoms with E-state index < -0.39 is 155 Å². The molecule has 26 nitrogen and oxygen atoms in total. The number of aliphatic carboxylic acids is 3. The van der Waals surface area contributed by atoms with E-state index in [1.165, 1.54) is 0 Å². The third-order valence-electron chi connectivity index (χ3n) is 14.2. The highest BCUT2D eigenvalue weighted by atomic mass is 16.6. The molecule has 0 unspecified atom stereocenters. The van der Waals surface area contributed by atoms with Crippen LogP contribution in [0.5, 0.6) is 0 Å². The molecule has 0 aromatic rings. The summed E-state index contributed by atoms with van der Waals surface area (Å²) in [5.41, 5.74) is -0.942. The number of rotatable bonds is 42. The minimum atomic E-state index is -1.68. The predicted molar refractivity (Wildman–Crippen MR) is 337 cm³/mol. The van der Waals surface area contributed by atoms with Crippen LogP contribution < -0.4 is 21.3 Å². The molecule has 4 fully saturated rings. The number of esters is 1. The van der Waals surface area contributed by atoms with Crippen molar-refractivity contribution in [3.63, 3.8) is 0 Å². The summed E-state index contributed by atoms with van der Waals surface area (Å²) in [6.07, 6.45) is -6.39. The fraction of sp³-hybridized carbons (Fsp3) is 0.818. The highest BCUT2D eigenvalue weighted by Crippen LogP contribution is 2.32. The molecule has 4 heterocycles. The van der Waals surface area contributed by atoms with Crippen molar-refractivity contribution in [3.05, 3.63) is 0 Å². The first kappa shape index (κ1) is 76.9. The largest absolute Gasteiger partial charge is 0.479 e. The number of carbonyl (C=O) groups excluding carboxylic acids is 9. The van der Waals surface area contributed by atoms with Gasteiger partial charge < -0.3 is 70.5 Å². The van der Waals surface area contributed by atoms with Gasteiger partial charge in [-0.1, -0.05) is 90.0 Å². The van der Waals surface area contributed by atoms with Gasteiger partial charge in [0, 0.05) is 87.5 Å². The van der Waals surface area contributed by atoms with Gasteiger partial charge in [0.15, 0.2) is 72.0 Å². The number of epoxide rings is 4. The lowest BCUT2D eigenvalue weighted by atomic mass is 9.90. The van der Waals surface area contributed by atoms with Gasteiger partial charge in [-0.15, -0.1) is 0 Å². The van der Waals surface area contributed by atoms with E-state index in [2.05, 4.69) is 35.1 Å². The van der Waals surface area contributed by atoms with E-state index in [1.807, 2.05) is 76.2 Å². The molecule has 26 heteroatoms. The van der Waals surface area contributed by atoms with E-state index in [0.29, 0.717) is 44.3 Å². The molecule has 0 aliphatic carbocycles. The number of carbonyl (C=O) groups is 12. The monoisotopic (exact) mass is 1320 g/mol. The summed E-state index contributed by atoms with van der Waals surface area (Å²) in [5.74, 6) is -13.6. The maximum Gasteiger partial charge on any atom is 0.338 e. The summed E-state index contributed by atoms with van der Waals surface area (Å²) in [5, 5.41) is 55.7. The molecule has 0 saturated carbocycles. The smallest absolute Gasteiger partial charge is 0.338 e. The summed E-state index contributed by atoms with van der Waals surface area (Å²) in [7, 11) is 0. The minimum absolute atomic E-state index is 0.00530. The number of amides is 4. The van der Waals surface area contributed by atoms with Gasteiger partial charge in [-0.2, -0.15) is 0 Å². The van der Waals surface area contributed by atoms with Crippen LogP contribution in [-0.4, -0.2) is 190 Å². The van der Waals surface area contributed by atoms with Gasteiger partial charge in [0.05, 0.1) is 12.2 Å². The molecule has 0 bridgehead atoms. The average Bonchev–Trinajstić information content (AvgIpc) is 1.64. The van der Waals surface area contributed by atoms with Crippen LogP contribution >= 0.6 is 0 Å². The summed E-state index contributed by atoms with van der Waals surface area (Å²) >= 11 is 0. The maximum atomic E-state index is 12.5. The predicted octanol–water partition coefficient (Wildman–Crippen LogP) is 5.05. The van der Waals surface area contributed by atoms with Crippen LogP contribution in [0.4, 0.5) is 0 Å². The van der Waals surface area contributed by atoms with E-state index >= 15 is 0 Å². The molecule has 13 atom stereocenters. The third-order valence-corrected chi connectivity index (χ3v) is 14.2. The van der Waals surface area contributed by atoms with Crippen molar-refractivity contribution in [2.24, 2.45) is 65.0 Å². The quantitative estimate of drug-likeness (QED) is 0.0285. The van der Waals surface area contributed by atoms with E-state index in [4.69, 9.17) is 49.6 Å². The number of ether oxygens (including phenoxy) is 5. The van der Waals surface area contributed by atoms with Gasteiger partial charge in [0.25, 0.3) is 0 Å². The van der Waals surface area contributed by atoms with Crippen molar-refractivity contribution < 1.29 is 112 Å². The Morgan fingerprint density at radius 2 is 0.685 bits per heavy atom. The van der Waals surface area contributed by atoms with Crippen LogP contribution in [0.3, 0.4) is 0 Å². The number of nitrogens with one attached hydrogen (secondary N) is 4. The normalized spacial score (nSPS) is 23.7. The SMILES string of the molecule is [2H][C@@](CC(=O)[C@H]1O[C@@H]1C(=O)O)(CC(C)C)C(=O)NCCC(C)(C)O.[2H][C@@](CC(=O)[C@H]1O[C@@H]1C(=O)O)(CC(C)C)C(=O)NCCC(C)C.[2H][C@@](CC(=O)[C@H]1O[C@@H]1C(=O)O)(CC(C)C)C(=O)NCC[C@H](C)CO.[2H][C@@](CC(=O)[C@H]1O[C@@H]1C(=O)OCC)(CC(C)C)C(=O)NCCC(C)C. The van der Waals surface area contributed by atoms with Crippen molar-refractivity contribution in [1.82, 2.24) is 21.3 Å². The van der Waals surface area contributed by atoms with Crippen molar-refractivity contribution in [1.29, 1.82) is 0 Å². The molecule has 4 amide bonds. The Morgan fingerprint density at radius 3 is 0.913 bits per heavy atom. The molecule has 92 heavy (non-hydrogen) atoms. The summed E-state index contributed by atoms with van der Waals surface area (Å²) in [4.78, 5) is 142. The van der Waals surface area contributed by atoms with Crippen molar-refractivity contribution >= 4 is 70.6 Å². The number of carboxylic acids is 3.